The Kier molecular flexibility index (Phi) is 7.15. The van der Waals surface area contributed by atoms with Gasteiger partial charge < -0.3 is 4.57 Å². The lowest BCUT2D eigenvalue weighted by Crippen LogP contribution is -2.11. The summed E-state index contributed by atoms with van der Waals surface area (Å²) in [7, 11) is 0. The highest BCUT2D eigenvalue weighted by Gasteiger charge is 2.35. The number of halogens is 10. The summed E-state index contributed by atoms with van der Waals surface area (Å²) in [4.78, 5) is 0. The molecule has 44 heavy (non-hydrogen) atoms. The predicted octanol–water partition coefficient (Wildman–Crippen LogP) is 9.86. The second-order valence-corrected chi connectivity index (χ2v) is 10.5. The van der Waals surface area contributed by atoms with E-state index in [0.717, 1.165) is 22.9 Å². The van der Waals surface area contributed by atoms with Crippen molar-refractivity contribution in [2.45, 2.75) is 25.4 Å². The van der Waals surface area contributed by atoms with Crippen molar-refractivity contribution in [3.63, 3.8) is 0 Å². The molecule has 6 rings (SSSR count). The molecule has 0 saturated heterocycles. The van der Waals surface area contributed by atoms with E-state index >= 15 is 0 Å². The molecule has 226 valence electrons. The van der Waals surface area contributed by atoms with Crippen LogP contribution in [-0.4, -0.2) is 14.3 Å². The maximum Gasteiger partial charge on any atom is 0.418 e. The number of fused-ring (bicyclic) bond motifs is 2. The van der Waals surface area contributed by atoms with Crippen LogP contribution in [0.4, 0.5) is 39.5 Å². The van der Waals surface area contributed by atoms with Crippen LogP contribution in [0.2, 0.25) is 5.02 Å². The first kappa shape index (κ1) is 29.6. The second kappa shape index (κ2) is 10.6. The molecule has 0 aliphatic rings. The predicted molar refractivity (Wildman–Crippen MR) is 147 cm³/mol. The van der Waals surface area contributed by atoms with Gasteiger partial charge in [-0.05, 0) is 47.3 Å². The van der Waals surface area contributed by atoms with Crippen LogP contribution in [0.5, 0.6) is 0 Å². The highest BCUT2D eigenvalue weighted by Crippen LogP contribution is 2.40. The smallest absolute Gasteiger partial charge is 0.343 e. The Balaban J connectivity index is 1.54. The highest BCUT2D eigenvalue weighted by atomic mass is 35.5. The van der Waals surface area contributed by atoms with E-state index in [4.69, 9.17) is 11.6 Å². The summed E-state index contributed by atoms with van der Waals surface area (Å²) in [6.45, 7) is -0.928. The van der Waals surface area contributed by atoms with Crippen LogP contribution in [0.3, 0.4) is 0 Å². The van der Waals surface area contributed by atoms with Crippen LogP contribution >= 0.6 is 11.6 Å². The summed E-state index contributed by atoms with van der Waals surface area (Å²) in [6.07, 6.45) is -7.91. The topological polar surface area (TPSA) is 22.8 Å². The number of aromatic nitrogens is 3. The van der Waals surface area contributed by atoms with Crippen molar-refractivity contribution in [1.29, 1.82) is 0 Å². The normalized spacial score (nSPS) is 12.5. The molecule has 0 spiro atoms. The van der Waals surface area contributed by atoms with Crippen LogP contribution in [0, 0.1) is 17.5 Å². The van der Waals surface area contributed by atoms with Crippen LogP contribution in [0.25, 0.3) is 33.1 Å². The van der Waals surface area contributed by atoms with E-state index in [1.807, 2.05) is 0 Å². The van der Waals surface area contributed by atoms with Crippen molar-refractivity contribution in [2.24, 2.45) is 0 Å². The lowest BCUT2D eigenvalue weighted by Gasteiger charge is -2.15. The number of benzene rings is 4. The van der Waals surface area contributed by atoms with Crippen molar-refractivity contribution in [1.82, 2.24) is 14.3 Å². The third kappa shape index (κ3) is 5.38. The summed E-state index contributed by atoms with van der Waals surface area (Å²) in [6, 6.07) is 13.8. The number of alkyl halides is 6. The Morgan fingerprint density at radius 1 is 0.727 bits per heavy atom. The summed E-state index contributed by atoms with van der Waals surface area (Å²) < 4.78 is 128. The lowest BCUT2D eigenvalue weighted by molar-refractivity contribution is -0.138. The Hall–Kier alpha value is -4.45. The van der Waals surface area contributed by atoms with Crippen molar-refractivity contribution >= 4 is 33.4 Å². The summed E-state index contributed by atoms with van der Waals surface area (Å²) >= 11 is 5.99. The molecule has 2 heterocycles. The largest absolute Gasteiger partial charge is 0.418 e. The minimum absolute atomic E-state index is 0.00871. The maximum absolute atomic E-state index is 14.6. The van der Waals surface area contributed by atoms with E-state index in [0.29, 0.717) is 23.0 Å². The van der Waals surface area contributed by atoms with Gasteiger partial charge in [0.05, 0.1) is 23.4 Å². The van der Waals surface area contributed by atoms with Crippen molar-refractivity contribution in [3.8, 4) is 11.3 Å². The summed E-state index contributed by atoms with van der Waals surface area (Å²) in [5, 5.41) is 4.79. The fourth-order valence-corrected chi connectivity index (χ4v) is 5.49. The van der Waals surface area contributed by atoms with Gasteiger partial charge in [-0.3, -0.25) is 4.68 Å². The van der Waals surface area contributed by atoms with Gasteiger partial charge in [0.1, 0.15) is 23.0 Å². The van der Waals surface area contributed by atoms with Gasteiger partial charge in [-0.2, -0.15) is 31.4 Å². The molecule has 0 bridgehead atoms. The zero-order valence-corrected chi connectivity index (χ0v) is 22.8. The second-order valence-electron chi connectivity index (χ2n) is 10.1. The molecule has 0 fully saturated rings. The Morgan fingerprint density at radius 3 is 2.11 bits per heavy atom. The van der Waals surface area contributed by atoms with Crippen molar-refractivity contribution in [3.05, 3.63) is 124 Å². The van der Waals surface area contributed by atoms with Gasteiger partial charge in [0.15, 0.2) is 0 Å². The van der Waals surface area contributed by atoms with Gasteiger partial charge in [0.2, 0.25) is 0 Å². The average Bonchev–Trinajstić information content (AvgIpc) is 3.49. The number of hydrogen-bond donors (Lipinski definition) is 0. The first-order valence-corrected chi connectivity index (χ1v) is 13.2. The molecule has 0 aliphatic carbocycles. The zero-order chi connectivity index (χ0) is 31.6. The minimum atomic E-state index is -4.81. The fraction of sp³-hybridized carbons (Fsp3) is 0.129. The standard InChI is InChI=1S/C31H17ClF9N3/c32-19-6-7-23(30(36,37)38)18(10-19)14-43-9-8-16-4-5-17(11-27(16)43)29-21-2-1-3-24(31(39,40)41)28(21)42-44(29)15-22-25(34)12-20(33)13-26(22)35/h1-13H,14-15H2. The van der Waals surface area contributed by atoms with Crippen molar-refractivity contribution < 1.29 is 39.5 Å². The quantitative estimate of drug-likeness (QED) is 0.173. The van der Waals surface area contributed by atoms with Crippen LogP contribution in [0.1, 0.15) is 22.3 Å². The van der Waals surface area contributed by atoms with Crippen molar-refractivity contribution in [2.75, 3.05) is 0 Å². The Bertz CT molecular complexity index is 2030. The number of rotatable bonds is 5. The van der Waals surface area contributed by atoms with Crippen LogP contribution in [0.15, 0.2) is 79.0 Å². The zero-order valence-electron chi connectivity index (χ0n) is 22.0. The number of hydrogen-bond acceptors (Lipinski definition) is 1. The molecule has 0 saturated carbocycles. The monoisotopic (exact) mass is 637 g/mol. The van der Waals surface area contributed by atoms with Gasteiger partial charge in [0.25, 0.3) is 0 Å². The molecule has 0 radical (unpaired) electrons. The Labute approximate surface area is 247 Å². The Morgan fingerprint density at radius 2 is 1.43 bits per heavy atom. The highest BCUT2D eigenvalue weighted by molar-refractivity contribution is 6.30. The molecule has 0 amide bonds. The molecular weight excluding hydrogens is 621 g/mol. The van der Waals surface area contributed by atoms with Crippen LogP contribution in [-0.2, 0) is 25.4 Å². The third-order valence-corrected chi connectivity index (χ3v) is 7.48. The molecule has 0 aliphatic heterocycles. The molecule has 4 aromatic carbocycles. The third-order valence-electron chi connectivity index (χ3n) is 7.25. The van der Waals surface area contributed by atoms with Gasteiger partial charge in [-0.15, -0.1) is 0 Å². The van der Waals surface area contributed by atoms with E-state index in [1.54, 1.807) is 24.4 Å². The first-order valence-electron chi connectivity index (χ1n) is 12.9. The van der Waals surface area contributed by atoms with E-state index in [2.05, 4.69) is 5.10 Å². The molecule has 0 N–H and O–H groups in total. The number of nitrogens with zero attached hydrogens (tertiary/aromatic N) is 3. The first-order chi connectivity index (χ1) is 20.7. The summed E-state index contributed by atoms with van der Waals surface area (Å²) in [5.41, 5.74) is -2.44. The summed E-state index contributed by atoms with van der Waals surface area (Å²) in [5.74, 6) is -3.68. The molecule has 0 atom stereocenters. The van der Waals surface area contributed by atoms with Crippen LogP contribution < -0.4 is 0 Å². The molecule has 13 heteroatoms. The molecule has 3 nitrogen and oxygen atoms in total. The molecule has 6 aromatic rings. The van der Waals surface area contributed by atoms with E-state index in [9.17, 15) is 39.5 Å². The molecular formula is C31H17ClF9N3. The minimum Gasteiger partial charge on any atom is -0.343 e. The maximum atomic E-state index is 14.6. The average molecular weight is 638 g/mol. The van der Waals surface area contributed by atoms with Gasteiger partial charge in [0, 0.05) is 51.9 Å². The fourth-order valence-electron chi connectivity index (χ4n) is 5.29. The van der Waals surface area contributed by atoms with E-state index < -0.39 is 58.6 Å². The van der Waals surface area contributed by atoms with Gasteiger partial charge >= 0.3 is 12.4 Å². The van der Waals surface area contributed by atoms with Gasteiger partial charge in [-0.1, -0.05) is 35.9 Å². The molecule has 2 aromatic heterocycles. The van der Waals surface area contributed by atoms with E-state index in [1.165, 1.54) is 28.8 Å². The molecule has 0 unspecified atom stereocenters. The van der Waals surface area contributed by atoms with Gasteiger partial charge in [-0.25, -0.2) is 13.2 Å². The lowest BCUT2D eigenvalue weighted by atomic mass is 10.0. The van der Waals surface area contributed by atoms with E-state index in [-0.39, 0.29) is 33.8 Å². The SMILES string of the molecule is Fc1cc(F)c(Cn2nc3c(C(F)(F)F)cccc3c2-c2ccc3ccn(Cc4cc(Cl)ccc4C(F)(F)F)c3c2)c(F)c1.